The van der Waals surface area contributed by atoms with Gasteiger partial charge < -0.3 is 24.8 Å². The van der Waals surface area contributed by atoms with Gasteiger partial charge in [-0.2, -0.15) is 0 Å². The van der Waals surface area contributed by atoms with E-state index in [9.17, 15) is 24.9 Å². The van der Waals surface area contributed by atoms with Gasteiger partial charge in [0.25, 0.3) is 0 Å². The van der Waals surface area contributed by atoms with Crippen LogP contribution in [0.4, 0.5) is 0 Å². The van der Waals surface area contributed by atoms with Crippen LogP contribution in [0.25, 0.3) is 0 Å². The average molecular weight is 384 g/mol. The van der Waals surface area contributed by atoms with Crippen LogP contribution < -0.4 is 0 Å². The second kappa shape index (κ2) is 8.79. The fourth-order valence-corrected chi connectivity index (χ4v) is 2.86. The molecule has 4 atom stereocenters. The van der Waals surface area contributed by atoms with Crippen LogP contribution in [0.3, 0.4) is 0 Å². The third-order valence-electron chi connectivity index (χ3n) is 4.39. The highest BCUT2D eigenvalue weighted by molar-refractivity contribution is 5.90. The Morgan fingerprint density at radius 1 is 0.821 bits per heavy atom. The van der Waals surface area contributed by atoms with E-state index >= 15 is 0 Å². The molecule has 0 saturated carbocycles. The molecule has 0 aromatic heterocycles. The van der Waals surface area contributed by atoms with Crippen molar-refractivity contribution in [3.8, 4) is 0 Å². The van der Waals surface area contributed by atoms with E-state index in [1.807, 2.05) is 0 Å². The molecule has 4 unspecified atom stereocenters. The first-order valence-electron chi connectivity index (χ1n) is 8.70. The topological polar surface area (TPSA) is 113 Å². The second-order valence-corrected chi connectivity index (χ2v) is 6.35. The monoisotopic (exact) mass is 384 g/mol. The first-order valence-corrected chi connectivity index (χ1v) is 8.70. The maximum Gasteiger partial charge on any atom is 0.338 e. The summed E-state index contributed by atoms with van der Waals surface area (Å²) in [5.74, 6) is -1.33. The quantitative estimate of drug-likeness (QED) is 0.522. The van der Waals surface area contributed by atoms with E-state index < -0.39 is 36.4 Å². The molecular weight excluding hydrogens is 364 g/mol. The third kappa shape index (κ3) is 4.45. The Hall–Kier alpha value is -3.00. The summed E-state index contributed by atoms with van der Waals surface area (Å²) in [7, 11) is 0. The van der Waals surface area contributed by atoms with Gasteiger partial charge >= 0.3 is 11.9 Å². The van der Waals surface area contributed by atoms with E-state index in [4.69, 9.17) is 9.47 Å². The van der Waals surface area contributed by atoms with Crippen molar-refractivity contribution in [1.29, 1.82) is 0 Å². The molecule has 0 radical (unpaired) electrons. The first-order chi connectivity index (χ1) is 13.5. The summed E-state index contributed by atoms with van der Waals surface area (Å²) in [4.78, 5) is 24.1. The highest BCUT2D eigenvalue weighted by Crippen LogP contribution is 2.24. The normalized spacial score (nSPS) is 24.2. The van der Waals surface area contributed by atoms with Gasteiger partial charge in [-0.05, 0) is 35.9 Å². The molecule has 2 aromatic rings. The van der Waals surface area contributed by atoms with Crippen LogP contribution in [-0.2, 0) is 9.47 Å². The minimum Gasteiger partial charge on any atom is -0.457 e. The van der Waals surface area contributed by atoms with Crippen molar-refractivity contribution >= 4 is 11.9 Å². The highest BCUT2D eigenvalue weighted by atomic mass is 16.6. The molecule has 146 valence electrons. The molecule has 1 aliphatic carbocycles. The van der Waals surface area contributed by atoms with Crippen LogP contribution in [0.1, 0.15) is 20.7 Å². The van der Waals surface area contributed by atoms with Crippen molar-refractivity contribution < 1.29 is 34.4 Å². The number of benzene rings is 2. The van der Waals surface area contributed by atoms with E-state index in [1.54, 1.807) is 48.5 Å². The number of hydrogen-bond donors (Lipinski definition) is 3. The second-order valence-electron chi connectivity index (χ2n) is 6.35. The minimum absolute atomic E-state index is 0.122. The first kappa shape index (κ1) is 19.8. The molecule has 0 fully saturated rings. The molecular formula is C21H20O7. The Balaban J connectivity index is 1.65. The number of carbonyl (C=O) groups excluding carboxylic acids is 2. The molecule has 7 heteroatoms. The molecule has 2 aromatic carbocycles. The smallest absolute Gasteiger partial charge is 0.338 e. The molecule has 0 spiro atoms. The van der Waals surface area contributed by atoms with Gasteiger partial charge in [-0.1, -0.05) is 36.4 Å². The van der Waals surface area contributed by atoms with Gasteiger partial charge in [-0.25, -0.2) is 9.59 Å². The Labute approximate surface area is 161 Å². The Morgan fingerprint density at radius 2 is 1.36 bits per heavy atom. The molecule has 0 heterocycles. The SMILES string of the molecule is O=C(OCC1=CC(O)C(OC(=O)c2ccccc2)C(O)C1O)c1ccccc1. The van der Waals surface area contributed by atoms with Crippen LogP contribution in [0.5, 0.6) is 0 Å². The van der Waals surface area contributed by atoms with E-state index in [1.165, 1.54) is 18.2 Å². The average Bonchev–Trinajstić information content (AvgIpc) is 2.73. The van der Waals surface area contributed by atoms with Gasteiger partial charge in [0.1, 0.15) is 24.9 Å². The van der Waals surface area contributed by atoms with Crippen LogP contribution >= 0.6 is 0 Å². The Kier molecular flexibility index (Phi) is 6.20. The zero-order valence-electron chi connectivity index (χ0n) is 14.8. The number of esters is 2. The van der Waals surface area contributed by atoms with Crippen molar-refractivity contribution in [3.63, 3.8) is 0 Å². The molecule has 0 amide bonds. The maximum absolute atomic E-state index is 12.1. The highest BCUT2D eigenvalue weighted by Gasteiger charge is 2.40. The molecule has 0 bridgehead atoms. The molecule has 28 heavy (non-hydrogen) atoms. The predicted molar refractivity (Wildman–Crippen MR) is 98.5 cm³/mol. The fourth-order valence-electron chi connectivity index (χ4n) is 2.86. The summed E-state index contributed by atoms with van der Waals surface area (Å²) in [6, 6.07) is 16.4. The van der Waals surface area contributed by atoms with Gasteiger partial charge in [0.05, 0.1) is 11.1 Å². The van der Waals surface area contributed by atoms with Crippen LogP contribution in [-0.4, -0.2) is 58.3 Å². The van der Waals surface area contributed by atoms with Gasteiger partial charge in [0.2, 0.25) is 0 Å². The van der Waals surface area contributed by atoms with Gasteiger partial charge in [-0.15, -0.1) is 0 Å². The van der Waals surface area contributed by atoms with Crippen LogP contribution in [0.15, 0.2) is 72.3 Å². The lowest BCUT2D eigenvalue weighted by Crippen LogP contribution is -2.51. The maximum atomic E-state index is 12.1. The van der Waals surface area contributed by atoms with Crippen molar-refractivity contribution in [2.24, 2.45) is 0 Å². The third-order valence-corrected chi connectivity index (χ3v) is 4.39. The van der Waals surface area contributed by atoms with Gasteiger partial charge in [-0.3, -0.25) is 0 Å². The Morgan fingerprint density at radius 3 is 1.93 bits per heavy atom. The zero-order valence-corrected chi connectivity index (χ0v) is 14.8. The zero-order chi connectivity index (χ0) is 20.1. The fraction of sp³-hybridized carbons (Fsp3) is 0.238. The molecule has 7 nitrogen and oxygen atoms in total. The number of aliphatic hydroxyl groups is 3. The standard InChI is InChI=1S/C21H20O7/c22-16-11-15(12-27-20(25)13-7-3-1-4-8-13)17(23)18(24)19(16)28-21(26)14-9-5-2-6-10-14/h1-11,16-19,22-24H,12H2. The Bertz CT molecular complexity index is 848. The largest absolute Gasteiger partial charge is 0.457 e. The molecule has 0 aliphatic heterocycles. The van der Waals surface area contributed by atoms with E-state index in [0.29, 0.717) is 5.56 Å². The molecule has 3 rings (SSSR count). The molecule has 1 aliphatic rings. The van der Waals surface area contributed by atoms with E-state index in [0.717, 1.165) is 0 Å². The number of hydrogen-bond acceptors (Lipinski definition) is 7. The van der Waals surface area contributed by atoms with Crippen molar-refractivity contribution in [2.75, 3.05) is 6.61 Å². The summed E-state index contributed by atoms with van der Waals surface area (Å²) in [5, 5.41) is 30.8. The lowest BCUT2D eigenvalue weighted by Gasteiger charge is -2.34. The van der Waals surface area contributed by atoms with Gasteiger partial charge in [0, 0.05) is 0 Å². The summed E-state index contributed by atoms with van der Waals surface area (Å²) >= 11 is 0. The number of rotatable bonds is 5. The van der Waals surface area contributed by atoms with Crippen molar-refractivity contribution in [1.82, 2.24) is 0 Å². The van der Waals surface area contributed by atoms with E-state index in [2.05, 4.69) is 0 Å². The van der Waals surface area contributed by atoms with Crippen molar-refractivity contribution in [3.05, 3.63) is 83.4 Å². The minimum atomic E-state index is -1.57. The summed E-state index contributed by atoms with van der Waals surface area (Å²) < 4.78 is 10.3. The van der Waals surface area contributed by atoms with E-state index in [-0.39, 0.29) is 17.7 Å². The summed E-state index contributed by atoms with van der Waals surface area (Å²) in [6.07, 6.45) is -4.52. The molecule has 0 saturated heterocycles. The van der Waals surface area contributed by atoms with Gasteiger partial charge in [0.15, 0.2) is 6.10 Å². The summed E-state index contributed by atoms with van der Waals surface area (Å²) in [6.45, 7) is -0.317. The molecule has 3 N–H and O–H groups in total. The number of carbonyl (C=O) groups is 2. The lowest BCUT2D eigenvalue weighted by atomic mass is 9.89. The predicted octanol–water partition coefficient (Wildman–Crippen LogP) is 1.09. The number of ether oxygens (including phenoxy) is 2. The van der Waals surface area contributed by atoms with Crippen LogP contribution in [0.2, 0.25) is 0 Å². The van der Waals surface area contributed by atoms with Crippen molar-refractivity contribution in [2.45, 2.75) is 24.4 Å². The number of aliphatic hydroxyl groups excluding tert-OH is 3. The summed E-state index contributed by atoms with van der Waals surface area (Å²) in [5.41, 5.74) is 0.711. The van der Waals surface area contributed by atoms with Crippen LogP contribution in [0, 0.1) is 0 Å². The lowest BCUT2D eigenvalue weighted by molar-refractivity contribution is -0.103.